The van der Waals surface area contributed by atoms with Crippen LogP contribution in [0.25, 0.3) is 0 Å². The van der Waals surface area contributed by atoms with Gasteiger partial charge >= 0.3 is 0 Å². The summed E-state index contributed by atoms with van der Waals surface area (Å²) in [6.45, 7) is 3.81. The monoisotopic (exact) mass is 220 g/mol. The fraction of sp³-hybridized carbons (Fsp3) is 0.889. The van der Waals surface area contributed by atoms with Crippen LogP contribution < -0.4 is 5.73 Å². The molecule has 0 saturated carbocycles. The Hall–Kier alpha value is -0.230. The predicted molar refractivity (Wildman–Crippen MR) is 61.6 cm³/mol. The van der Waals surface area contributed by atoms with Crippen LogP contribution in [0.1, 0.15) is 6.42 Å². The van der Waals surface area contributed by atoms with E-state index >= 15 is 0 Å². The van der Waals surface area contributed by atoms with Gasteiger partial charge < -0.3 is 20.1 Å². The van der Waals surface area contributed by atoms with Crippen LogP contribution in [0, 0.1) is 0 Å². The zero-order valence-corrected chi connectivity index (χ0v) is 9.81. The van der Waals surface area contributed by atoms with Crippen molar-refractivity contribution in [2.75, 3.05) is 47.1 Å². The Morgan fingerprint density at radius 3 is 2.57 bits per heavy atom. The topological polar surface area (TPSA) is 47.7 Å². The van der Waals surface area contributed by atoms with Crippen LogP contribution in [-0.2, 0) is 9.47 Å². The van der Waals surface area contributed by atoms with Gasteiger partial charge in [-0.3, -0.25) is 0 Å². The molecular weight excluding hydrogens is 200 g/mol. The number of nitrogens with zero attached hydrogens (tertiary/aromatic N) is 1. The first-order valence-electron chi connectivity index (χ1n) is 4.70. The van der Waals surface area contributed by atoms with Gasteiger partial charge in [0.2, 0.25) is 0 Å². The third-order valence-electron chi connectivity index (χ3n) is 1.79. The lowest BCUT2D eigenvalue weighted by Crippen LogP contribution is -2.27. The molecule has 0 saturated heterocycles. The molecule has 0 unspecified atom stereocenters. The minimum atomic E-state index is 0.567. The van der Waals surface area contributed by atoms with Crippen molar-refractivity contribution in [2.24, 2.45) is 5.73 Å². The van der Waals surface area contributed by atoms with Crippen LogP contribution in [-0.4, -0.2) is 57.0 Å². The fourth-order valence-corrected chi connectivity index (χ4v) is 0.969. The van der Waals surface area contributed by atoms with Gasteiger partial charge in [0.1, 0.15) is 0 Å². The van der Waals surface area contributed by atoms with Crippen molar-refractivity contribution in [1.29, 1.82) is 0 Å². The van der Waals surface area contributed by atoms with Crippen molar-refractivity contribution >= 4 is 17.2 Å². The Morgan fingerprint density at radius 2 is 2.00 bits per heavy atom. The molecule has 14 heavy (non-hydrogen) atoms. The smallest absolute Gasteiger partial charge is 0.0740 e. The normalized spacial score (nSPS) is 10.8. The summed E-state index contributed by atoms with van der Waals surface area (Å²) in [5, 5.41) is 0. The molecule has 0 aliphatic carbocycles. The van der Waals surface area contributed by atoms with Crippen LogP contribution in [0.4, 0.5) is 0 Å². The molecule has 0 aliphatic rings. The zero-order chi connectivity index (χ0) is 10.8. The standard InChI is InChI=1S/C9H20N2O2S/c1-11(4-3-9(10)14)5-6-13-8-7-12-2/h3-8H2,1-2H3,(H2,10,14). The number of likely N-dealkylation sites (N-methyl/N-ethyl adjacent to an activating group) is 1. The van der Waals surface area contributed by atoms with Gasteiger partial charge in [-0.2, -0.15) is 0 Å². The largest absolute Gasteiger partial charge is 0.393 e. The Balaban J connectivity index is 3.18. The first-order chi connectivity index (χ1) is 6.66. The minimum absolute atomic E-state index is 0.567. The van der Waals surface area contributed by atoms with E-state index in [1.807, 2.05) is 7.05 Å². The highest BCUT2D eigenvalue weighted by Crippen LogP contribution is 1.88. The summed E-state index contributed by atoms with van der Waals surface area (Å²) in [7, 11) is 3.69. The second-order valence-electron chi connectivity index (χ2n) is 3.12. The summed E-state index contributed by atoms with van der Waals surface area (Å²) in [4.78, 5) is 2.71. The molecule has 0 rings (SSSR count). The van der Waals surface area contributed by atoms with E-state index in [-0.39, 0.29) is 0 Å². The lowest BCUT2D eigenvalue weighted by atomic mass is 10.4. The van der Waals surface area contributed by atoms with E-state index in [4.69, 9.17) is 27.4 Å². The summed E-state index contributed by atoms with van der Waals surface area (Å²) >= 11 is 4.79. The average Bonchev–Trinajstić information content (AvgIpc) is 2.14. The van der Waals surface area contributed by atoms with E-state index in [0.29, 0.717) is 18.2 Å². The minimum Gasteiger partial charge on any atom is -0.393 e. The highest BCUT2D eigenvalue weighted by Gasteiger charge is 1.98. The van der Waals surface area contributed by atoms with E-state index in [1.54, 1.807) is 7.11 Å². The van der Waals surface area contributed by atoms with E-state index in [2.05, 4.69) is 4.90 Å². The van der Waals surface area contributed by atoms with E-state index in [9.17, 15) is 0 Å². The number of nitrogens with two attached hydrogens (primary N) is 1. The Bertz CT molecular complexity index is 156. The van der Waals surface area contributed by atoms with E-state index < -0.39 is 0 Å². The SMILES string of the molecule is COCCOCCN(C)CCC(N)=S. The summed E-state index contributed by atoms with van der Waals surface area (Å²) in [6.07, 6.45) is 0.768. The van der Waals surface area contributed by atoms with Crippen molar-refractivity contribution in [3.05, 3.63) is 0 Å². The second-order valence-corrected chi connectivity index (χ2v) is 3.65. The maximum Gasteiger partial charge on any atom is 0.0740 e. The average molecular weight is 220 g/mol. The van der Waals surface area contributed by atoms with Crippen LogP contribution in [0.5, 0.6) is 0 Å². The third kappa shape index (κ3) is 9.85. The number of hydrogen-bond acceptors (Lipinski definition) is 4. The molecule has 0 atom stereocenters. The highest BCUT2D eigenvalue weighted by atomic mass is 32.1. The molecule has 0 aromatic rings. The molecule has 0 bridgehead atoms. The van der Waals surface area contributed by atoms with Crippen LogP contribution in [0.15, 0.2) is 0 Å². The van der Waals surface area contributed by atoms with Gasteiger partial charge in [0, 0.05) is 26.6 Å². The van der Waals surface area contributed by atoms with Gasteiger partial charge in [0.05, 0.1) is 24.8 Å². The molecule has 0 aromatic carbocycles. The fourth-order valence-electron chi connectivity index (χ4n) is 0.878. The van der Waals surface area contributed by atoms with E-state index in [1.165, 1.54) is 0 Å². The van der Waals surface area contributed by atoms with Crippen LogP contribution in [0.3, 0.4) is 0 Å². The predicted octanol–water partition coefficient (Wildman–Crippen LogP) is 0.257. The molecule has 84 valence electrons. The first-order valence-corrected chi connectivity index (χ1v) is 5.11. The Morgan fingerprint density at radius 1 is 1.29 bits per heavy atom. The molecule has 0 amide bonds. The van der Waals surface area contributed by atoms with Gasteiger partial charge in [-0.1, -0.05) is 12.2 Å². The molecular formula is C9H20N2O2S. The maximum absolute atomic E-state index is 5.39. The number of methoxy groups -OCH3 is 1. The molecule has 0 radical (unpaired) electrons. The van der Waals surface area contributed by atoms with Gasteiger partial charge in [-0.15, -0.1) is 0 Å². The highest BCUT2D eigenvalue weighted by molar-refractivity contribution is 7.80. The van der Waals surface area contributed by atoms with Crippen molar-refractivity contribution < 1.29 is 9.47 Å². The molecule has 5 heteroatoms. The quantitative estimate of drug-likeness (QED) is 0.446. The molecule has 0 aliphatic heterocycles. The van der Waals surface area contributed by atoms with Crippen LogP contribution in [0.2, 0.25) is 0 Å². The molecule has 2 N–H and O–H groups in total. The number of rotatable bonds is 9. The maximum atomic E-state index is 5.39. The summed E-state index contributed by atoms with van der Waals surface area (Å²) < 4.78 is 10.2. The van der Waals surface area contributed by atoms with Gasteiger partial charge in [0.15, 0.2) is 0 Å². The molecule has 0 fully saturated rings. The number of hydrogen-bond donors (Lipinski definition) is 1. The van der Waals surface area contributed by atoms with Crippen molar-refractivity contribution in [2.45, 2.75) is 6.42 Å². The summed E-state index contributed by atoms with van der Waals surface area (Å²) in [6, 6.07) is 0. The summed E-state index contributed by atoms with van der Waals surface area (Å²) in [5.74, 6) is 0. The third-order valence-corrected chi connectivity index (χ3v) is 1.99. The molecule has 0 aromatic heterocycles. The van der Waals surface area contributed by atoms with Gasteiger partial charge in [0.25, 0.3) is 0 Å². The van der Waals surface area contributed by atoms with E-state index in [0.717, 1.165) is 26.1 Å². The second kappa shape index (κ2) is 9.33. The zero-order valence-electron chi connectivity index (χ0n) is 8.99. The molecule has 0 heterocycles. The molecule has 4 nitrogen and oxygen atoms in total. The molecule has 0 spiro atoms. The van der Waals surface area contributed by atoms with Crippen molar-refractivity contribution in [3.8, 4) is 0 Å². The summed E-state index contributed by atoms with van der Waals surface area (Å²) in [5.41, 5.74) is 5.39. The lowest BCUT2D eigenvalue weighted by molar-refractivity contribution is 0.0609. The van der Waals surface area contributed by atoms with Crippen LogP contribution >= 0.6 is 12.2 Å². The van der Waals surface area contributed by atoms with Gasteiger partial charge in [-0.05, 0) is 7.05 Å². The lowest BCUT2D eigenvalue weighted by Gasteiger charge is -2.15. The van der Waals surface area contributed by atoms with Crippen molar-refractivity contribution in [1.82, 2.24) is 4.90 Å². The number of thiocarbonyl (C=S) groups is 1. The first kappa shape index (κ1) is 13.8. The number of ether oxygens (including phenoxy) is 2. The Kier molecular flexibility index (Phi) is 9.18. The van der Waals surface area contributed by atoms with Gasteiger partial charge in [-0.25, -0.2) is 0 Å². The van der Waals surface area contributed by atoms with Crippen molar-refractivity contribution in [3.63, 3.8) is 0 Å². The Labute approximate surface area is 91.3 Å².